The number of ketones is 2. The van der Waals surface area contributed by atoms with Crippen LogP contribution in [0.1, 0.15) is 34.1 Å². The van der Waals surface area contributed by atoms with Crippen molar-refractivity contribution in [2.45, 2.75) is 34.1 Å². The van der Waals surface area contributed by atoms with Crippen molar-refractivity contribution in [1.29, 1.82) is 0 Å². The van der Waals surface area contributed by atoms with Gasteiger partial charge < -0.3 is 0 Å². The topological polar surface area (TPSA) is 34.1 Å². The maximum Gasteiger partial charge on any atom is 0.155 e. The molecule has 0 fully saturated rings. The van der Waals surface area contributed by atoms with Gasteiger partial charge in [-0.3, -0.25) is 9.59 Å². The van der Waals surface area contributed by atoms with Crippen molar-refractivity contribution in [3.8, 4) is 0 Å². The smallest absolute Gasteiger partial charge is 0.155 e. The quantitative estimate of drug-likeness (QED) is 0.594. The Morgan fingerprint density at radius 2 is 1.83 bits per heavy atom. The molecule has 0 amide bonds. The molecule has 0 aromatic heterocycles. The van der Waals surface area contributed by atoms with Gasteiger partial charge in [0, 0.05) is 18.8 Å². The molecule has 70 valence electrons. The van der Waals surface area contributed by atoms with E-state index in [4.69, 9.17) is 0 Å². The summed E-state index contributed by atoms with van der Waals surface area (Å²) in [7, 11) is 0. The van der Waals surface area contributed by atoms with Crippen LogP contribution in [0.2, 0.25) is 0 Å². The Bertz CT molecular complexity index is 169. The molecule has 0 aliphatic heterocycles. The second-order valence-electron chi connectivity index (χ2n) is 2.79. The van der Waals surface area contributed by atoms with Crippen LogP contribution in [0.4, 0.5) is 0 Å². The first-order valence-corrected chi connectivity index (χ1v) is 3.76. The van der Waals surface area contributed by atoms with Crippen LogP contribution in [0.5, 0.6) is 0 Å². The molecule has 0 aromatic rings. The molecule has 0 rings (SSSR count). The van der Waals surface area contributed by atoms with Gasteiger partial charge >= 0.3 is 0 Å². The van der Waals surface area contributed by atoms with Crippen LogP contribution >= 0.6 is 0 Å². The summed E-state index contributed by atoms with van der Waals surface area (Å²) in [6, 6.07) is 0. The zero-order valence-corrected chi connectivity index (χ0v) is 7.09. The predicted octanol–water partition coefficient (Wildman–Crippen LogP) is 2.38. The predicted molar refractivity (Wildman–Crippen MR) is 51.0 cm³/mol. The van der Waals surface area contributed by atoms with E-state index in [1.807, 2.05) is 13.8 Å². The first-order valence-electron chi connectivity index (χ1n) is 3.76. The van der Waals surface area contributed by atoms with Gasteiger partial charge in [-0.2, -0.15) is 0 Å². The maximum atomic E-state index is 11.0. The summed E-state index contributed by atoms with van der Waals surface area (Å²) in [5.41, 5.74) is 0. The number of allylic oxidation sites excluding steroid dienone is 1. The van der Waals surface area contributed by atoms with E-state index in [1.165, 1.54) is 6.08 Å². The Labute approximate surface area is 74.7 Å². The minimum absolute atomic E-state index is 0. The van der Waals surface area contributed by atoms with Crippen LogP contribution in [0.15, 0.2) is 12.7 Å². The number of hydrogen-bond acceptors (Lipinski definition) is 2. The number of rotatable bonds is 5. The van der Waals surface area contributed by atoms with Crippen molar-refractivity contribution in [3.63, 3.8) is 0 Å². The van der Waals surface area contributed by atoms with E-state index in [9.17, 15) is 9.59 Å². The lowest BCUT2D eigenvalue weighted by Gasteiger charge is -2.00. The Balaban J connectivity index is 0. The molecule has 0 saturated carbocycles. The second kappa shape index (κ2) is 6.77. The minimum Gasteiger partial charge on any atom is -0.299 e. The van der Waals surface area contributed by atoms with Crippen molar-refractivity contribution in [3.05, 3.63) is 12.7 Å². The van der Waals surface area contributed by atoms with E-state index in [2.05, 4.69) is 6.58 Å². The van der Waals surface area contributed by atoms with Crippen LogP contribution < -0.4 is 0 Å². The molecule has 2 heteroatoms. The Hall–Kier alpha value is -0.920. The minimum atomic E-state index is -0.0565. The molecule has 0 unspecified atom stereocenters. The molecule has 0 N–H and O–H groups in total. The molecule has 2 nitrogen and oxygen atoms in total. The normalized spacial score (nSPS) is 8.92. The van der Waals surface area contributed by atoms with Gasteiger partial charge in [0.15, 0.2) is 5.78 Å². The molecule has 0 radical (unpaired) electrons. The molecule has 0 aliphatic carbocycles. The standard InChI is InChI=1S/C9H14O2.CH4/c1-4-8(10)5-6-9(11)7(2)3;/h4,7H,1,5-6H2,2-3H3;1H4. The molecule has 0 aliphatic rings. The van der Waals surface area contributed by atoms with E-state index >= 15 is 0 Å². The lowest BCUT2D eigenvalue weighted by molar-refractivity contribution is -0.124. The fraction of sp³-hybridized carbons (Fsp3) is 0.600. The highest BCUT2D eigenvalue weighted by molar-refractivity contribution is 5.92. The Morgan fingerprint density at radius 1 is 1.33 bits per heavy atom. The number of carbonyl (C=O) groups excluding carboxylic acids is 2. The van der Waals surface area contributed by atoms with Crippen LogP contribution in [-0.2, 0) is 9.59 Å². The van der Waals surface area contributed by atoms with E-state index in [1.54, 1.807) is 0 Å². The van der Waals surface area contributed by atoms with Crippen LogP contribution in [-0.4, -0.2) is 11.6 Å². The molecule has 0 aromatic carbocycles. The molecule has 12 heavy (non-hydrogen) atoms. The van der Waals surface area contributed by atoms with Gasteiger partial charge in [0.2, 0.25) is 0 Å². The number of hydrogen-bond donors (Lipinski definition) is 0. The van der Waals surface area contributed by atoms with Crippen LogP contribution in [0.3, 0.4) is 0 Å². The van der Waals surface area contributed by atoms with Crippen molar-refractivity contribution < 1.29 is 9.59 Å². The fourth-order valence-electron chi connectivity index (χ4n) is 0.637. The van der Waals surface area contributed by atoms with Crippen LogP contribution in [0, 0.1) is 5.92 Å². The molecular weight excluding hydrogens is 152 g/mol. The average Bonchev–Trinajstić information content (AvgIpc) is 1.99. The number of Topliss-reactive ketones (excluding diaryl/α,β-unsaturated/α-hetero) is 1. The van der Waals surface area contributed by atoms with Gasteiger partial charge in [-0.1, -0.05) is 27.9 Å². The largest absolute Gasteiger partial charge is 0.299 e. The van der Waals surface area contributed by atoms with Crippen molar-refractivity contribution in [2.75, 3.05) is 0 Å². The van der Waals surface area contributed by atoms with E-state index < -0.39 is 0 Å². The summed E-state index contributed by atoms with van der Waals surface area (Å²) in [6.45, 7) is 6.99. The summed E-state index contributed by atoms with van der Waals surface area (Å²) in [5, 5.41) is 0. The summed E-state index contributed by atoms with van der Waals surface area (Å²) in [4.78, 5) is 21.6. The monoisotopic (exact) mass is 170 g/mol. The van der Waals surface area contributed by atoms with Gasteiger partial charge in [0.1, 0.15) is 5.78 Å². The first kappa shape index (κ1) is 13.7. The summed E-state index contributed by atoms with van der Waals surface area (Å²) in [5.74, 6) is 0.117. The molecular formula is C10H18O2. The van der Waals surface area contributed by atoms with Gasteiger partial charge in [-0.25, -0.2) is 0 Å². The van der Waals surface area contributed by atoms with Gasteiger partial charge in [0.25, 0.3) is 0 Å². The SMILES string of the molecule is C.C=CC(=O)CCC(=O)C(C)C. The van der Waals surface area contributed by atoms with Gasteiger partial charge in [0.05, 0.1) is 0 Å². The summed E-state index contributed by atoms with van der Waals surface area (Å²) < 4.78 is 0. The van der Waals surface area contributed by atoms with Gasteiger partial charge in [-0.15, -0.1) is 0 Å². The highest BCUT2D eigenvalue weighted by Gasteiger charge is 2.07. The van der Waals surface area contributed by atoms with Crippen molar-refractivity contribution >= 4 is 11.6 Å². The van der Waals surface area contributed by atoms with Crippen molar-refractivity contribution in [2.24, 2.45) is 5.92 Å². The molecule has 0 saturated heterocycles. The number of carbonyl (C=O) groups is 2. The fourth-order valence-corrected chi connectivity index (χ4v) is 0.637. The first-order chi connectivity index (χ1) is 5.07. The third-order valence-corrected chi connectivity index (χ3v) is 1.49. The third kappa shape index (κ3) is 5.83. The van der Waals surface area contributed by atoms with Gasteiger partial charge in [-0.05, 0) is 6.08 Å². The lowest BCUT2D eigenvalue weighted by atomic mass is 10.0. The van der Waals surface area contributed by atoms with E-state index in [-0.39, 0.29) is 24.9 Å². The highest BCUT2D eigenvalue weighted by Crippen LogP contribution is 2.02. The molecule has 0 spiro atoms. The molecule has 0 heterocycles. The zero-order chi connectivity index (χ0) is 8.85. The third-order valence-electron chi connectivity index (χ3n) is 1.49. The zero-order valence-electron chi connectivity index (χ0n) is 7.09. The average molecular weight is 170 g/mol. The summed E-state index contributed by atoms with van der Waals surface area (Å²) in [6.07, 6.45) is 1.91. The molecule has 0 atom stereocenters. The highest BCUT2D eigenvalue weighted by atomic mass is 16.1. The van der Waals surface area contributed by atoms with Crippen molar-refractivity contribution in [1.82, 2.24) is 0 Å². The summed E-state index contributed by atoms with van der Waals surface area (Å²) >= 11 is 0. The van der Waals surface area contributed by atoms with Crippen LogP contribution in [0.25, 0.3) is 0 Å². The second-order valence-corrected chi connectivity index (χ2v) is 2.79. The Kier molecular flexibility index (Phi) is 7.70. The lowest BCUT2D eigenvalue weighted by Crippen LogP contribution is -2.08. The Morgan fingerprint density at radius 3 is 2.17 bits per heavy atom. The van der Waals surface area contributed by atoms with E-state index in [0.717, 1.165) is 0 Å². The maximum absolute atomic E-state index is 11.0. The van der Waals surface area contributed by atoms with E-state index in [0.29, 0.717) is 12.8 Å². The molecule has 0 bridgehead atoms.